The maximum Gasteiger partial charge on any atom is 0.114 e. The van der Waals surface area contributed by atoms with Crippen LogP contribution in [0, 0.1) is 23.7 Å². The molecule has 2 aromatic rings. The zero-order chi connectivity index (χ0) is 14.4. The van der Waals surface area contributed by atoms with Gasteiger partial charge in [-0.05, 0) is 48.6 Å². The Bertz CT molecular complexity index is 702. The highest BCUT2D eigenvalue weighted by Gasteiger charge is 2.81. The summed E-state index contributed by atoms with van der Waals surface area (Å²) in [6.07, 6.45) is 10.2. The van der Waals surface area contributed by atoms with E-state index in [0.29, 0.717) is 23.7 Å². The Morgan fingerprint density at radius 2 is 1.18 bits per heavy atom. The average Bonchev–Trinajstić information content (AvgIpc) is 3.48. The van der Waals surface area contributed by atoms with E-state index in [1.165, 1.54) is 24.0 Å². The third kappa shape index (κ3) is 1.08. The molecule has 3 aliphatic carbocycles. The second kappa shape index (κ2) is 3.45. The van der Waals surface area contributed by atoms with Gasteiger partial charge in [0.25, 0.3) is 0 Å². The fourth-order valence-electron chi connectivity index (χ4n) is 5.52. The number of hydrogen-bond donors (Lipinski definition) is 0. The van der Waals surface area contributed by atoms with Crippen LogP contribution in [0.2, 0.25) is 0 Å². The van der Waals surface area contributed by atoms with Gasteiger partial charge < -0.3 is 0 Å². The first-order valence-electron chi connectivity index (χ1n) is 8.12. The van der Waals surface area contributed by atoms with E-state index in [1.54, 1.807) is 0 Å². The predicted molar refractivity (Wildman–Crippen MR) is 79.9 cm³/mol. The minimum Gasteiger partial charge on any atom is -0.264 e. The van der Waals surface area contributed by atoms with E-state index in [2.05, 4.69) is 22.1 Å². The van der Waals surface area contributed by atoms with Crippen molar-refractivity contribution in [2.45, 2.75) is 23.9 Å². The molecule has 7 rings (SSSR count). The van der Waals surface area contributed by atoms with Crippen molar-refractivity contribution in [2.24, 2.45) is 33.9 Å². The highest BCUT2D eigenvalue weighted by atomic mass is 15.3. The Hall–Kier alpha value is -2.10. The van der Waals surface area contributed by atoms with Crippen LogP contribution >= 0.6 is 0 Å². The molecule has 2 unspecified atom stereocenters. The number of azo groups is 1. The number of pyridine rings is 2. The SMILES string of the molecule is c1cncc(C23N=NC(c4cccnc4)([C@@H]4C[C@@H]42)[C@H]2C[C@H]23)c1. The number of nitrogens with zero attached hydrogens (tertiary/aromatic N) is 4. The molecule has 22 heavy (non-hydrogen) atoms. The summed E-state index contributed by atoms with van der Waals surface area (Å²) in [5.74, 6) is 2.55. The van der Waals surface area contributed by atoms with Crippen molar-refractivity contribution in [3.05, 3.63) is 60.2 Å². The maximum atomic E-state index is 4.95. The summed E-state index contributed by atoms with van der Waals surface area (Å²) in [7, 11) is 0. The van der Waals surface area contributed by atoms with Gasteiger partial charge in [0, 0.05) is 35.9 Å². The van der Waals surface area contributed by atoms with Gasteiger partial charge in [0.05, 0.1) is 0 Å². The molecular weight excluding hydrogens is 272 g/mol. The lowest BCUT2D eigenvalue weighted by molar-refractivity contribution is 0.109. The predicted octanol–water partition coefficient (Wildman–Crippen LogP) is 3.32. The topological polar surface area (TPSA) is 50.5 Å². The summed E-state index contributed by atoms with van der Waals surface area (Å²) in [6, 6.07) is 8.45. The van der Waals surface area contributed by atoms with Crippen molar-refractivity contribution in [3.63, 3.8) is 0 Å². The zero-order valence-electron chi connectivity index (χ0n) is 12.1. The molecule has 108 valence electrons. The average molecular weight is 288 g/mol. The summed E-state index contributed by atoms with van der Waals surface area (Å²) in [6.45, 7) is 0. The minimum atomic E-state index is -0.0758. The molecule has 4 heterocycles. The van der Waals surface area contributed by atoms with E-state index in [4.69, 9.17) is 10.2 Å². The van der Waals surface area contributed by atoms with E-state index < -0.39 is 0 Å². The minimum absolute atomic E-state index is 0.0758. The maximum absolute atomic E-state index is 4.95. The molecule has 0 radical (unpaired) electrons. The van der Waals surface area contributed by atoms with Crippen molar-refractivity contribution < 1.29 is 0 Å². The fourth-order valence-corrected chi connectivity index (χ4v) is 5.52. The van der Waals surface area contributed by atoms with Crippen molar-refractivity contribution in [1.29, 1.82) is 0 Å². The van der Waals surface area contributed by atoms with Gasteiger partial charge in [-0.25, -0.2) is 0 Å². The number of hydrogen-bond acceptors (Lipinski definition) is 4. The summed E-state index contributed by atoms with van der Waals surface area (Å²) in [5.41, 5.74) is 2.40. The molecule has 5 aliphatic rings. The summed E-state index contributed by atoms with van der Waals surface area (Å²) in [4.78, 5) is 8.68. The molecule has 0 amide bonds. The zero-order valence-corrected chi connectivity index (χ0v) is 12.1. The Morgan fingerprint density at radius 1 is 0.727 bits per heavy atom. The van der Waals surface area contributed by atoms with Crippen LogP contribution in [0.1, 0.15) is 24.0 Å². The Labute approximate surface area is 128 Å². The van der Waals surface area contributed by atoms with Gasteiger partial charge in [-0.2, -0.15) is 10.2 Å². The van der Waals surface area contributed by atoms with Crippen molar-refractivity contribution in [3.8, 4) is 0 Å². The molecule has 6 atom stereocenters. The van der Waals surface area contributed by atoms with E-state index in [9.17, 15) is 0 Å². The van der Waals surface area contributed by atoms with Crippen LogP contribution in [-0.2, 0) is 11.1 Å². The molecule has 3 saturated carbocycles. The third-order valence-corrected chi connectivity index (χ3v) is 6.47. The van der Waals surface area contributed by atoms with Crippen LogP contribution in [0.4, 0.5) is 0 Å². The summed E-state index contributed by atoms with van der Waals surface area (Å²) in [5, 5.41) is 9.90. The highest BCUT2D eigenvalue weighted by Crippen LogP contribution is 2.81. The van der Waals surface area contributed by atoms with E-state index in [-0.39, 0.29) is 11.1 Å². The molecule has 3 fully saturated rings. The molecular formula is C18H16N4. The van der Waals surface area contributed by atoms with Crippen LogP contribution in [-0.4, -0.2) is 9.97 Å². The highest BCUT2D eigenvalue weighted by molar-refractivity contribution is 5.44. The first-order valence-corrected chi connectivity index (χ1v) is 8.12. The molecule has 0 spiro atoms. The first-order chi connectivity index (χ1) is 10.9. The quantitative estimate of drug-likeness (QED) is 0.851. The molecule has 0 saturated heterocycles. The lowest BCUT2D eigenvalue weighted by Gasteiger charge is -2.45. The molecule has 2 aromatic heterocycles. The van der Waals surface area contributed by atoms with Gasteiger partial charge in [-0.15, -0.1) is 0 Å². The monoisotopic (exact) mass is 288 g/mol. The number of rotatable bonds is 2. The molecule has 4 nitrogen and oxygen atoms in total. The van der Waals surface area contributed by atoms with E-state index in [0.717, 1.165) is 0 Å². The molecule has 0 aromatic carbocycles. The second-order valence-electron chi connectivity index (χ2n) is 7.23. The Morgan fingerprint density at radius 3 is 1.55 bits per heavy atom. The van der Waals surface area contributed by atoms with Crippen molar-refractivity contribution >= 4 is 0 Å². The fraction of sp³-hybridized carbons (Fsp3) is 0.444. The van der Waals surface area contributed by atoms with Gasteiger partial charge >= 0.3 is 0 Å². The van der Waals surface area contributed by atoms with Crippen LogP contribution in [0.3, 0.4) is 0 Å². The Balaban J connectivity index is 1.57. The van der Waals surface area contributed by atoms with Crippen LogP contribution in [0.15, 0.2) is 59.3 Å². The van der Waals surface area contributed by atoms with Crippen LogP contribution in [0.25, 0.3) is 0 Å². The summed E-state index contributed by atoms with van der Waals surface area (Å²) >= 11 is 0. The van der Waals surface area contributed by atoms with Crippen molar-refractivity contribution in [2.75, 3.05) is 0 Å². The van der Waals surface area contributed by atoms with E-state index >= 15 is 0 Å². The second-order valence-corrected chi connectivity index (χ2v) is 7.23. The van der Waals surface area contributed by atoms with E-state index in [1.807, 2.05) is 36.9 Å². The smallest absolute Gasteiger partial charge is 0.114 e. The largest absolute Gasteiger partial charge is 0.264 e. The Kier molecular flexibility index (Phi) is 1.80. The third-order valence-electron chi connectivity index (χ3n) is 6.47. The van der Waals surface area contributed by atoms with Gasteiger partial charge in [-0.1, -0.05) is 12.1 Å². The lowest BCUT2D eigenvalue weighted by Crippen LogP contribution is -2.47. The van der Waals surface area contributed by atoms with Gasteiger partial charge in [0.1, 0.15) is 11.1 Å². The number of aromatic nitrogens is 2. The van der Waals surface area contributed by atoms with Gasteiger partial charge in [0.2, 0.25) is 0 Å². The molecule has 2 bridgehead atoms. The summed E-state index contributed by atoms with van der Waals surface area (Å²) < 4.78 is 0. The molecule has 4 heteroatoms. The molecule has 2 aliphatic heterocycles. The van der Waals surface area contributed by atoms with Gasteiger partial charge in [0.15, 0.2) is 0 Å². The lowest BCUT2D eigenvalue weighted by atomic mass is 9.67. The van der Waals surface area contributed by atoms with Gasteiger partial charge in [-0.3, -0.25) is 9.97 Å². The van der Waals surface area contributed by atoms with Crippen molar-refractivity contribution in [1.82, 2.24) is 9.97 Å². The standard InChI is InChI=1S/C18H16N4/c1-3-11(9-19-5-1)17-13-7-15(13)18(22-21-17,16-8-14(16)17)12-4-2-6-20-10-12/h1-6,9-10,13-16H,7-8H2/t13-,14+,15+,16-,17?,18?. The van der Waals surface area contributed by atoms with Crippen LogP contribution < -0.4 is 0 Å². The molecule has 0 N–H and O–H groups in total. The first kappa shape index (κ1) is 11.5. The van der Waals surface area contributed by atoms with Crippen LogP contribution in [0.5, 0.6) is 0 Å². The normalized spacial score (nSPS) is 46.0.